The van der Waals surface area contributed by atoms with Gasteiger partial charge in [-0.3, -0.25) is 9.59 Å². The Bertz CT molecular complexity index is 1030. The Morgan fingerprint density at radius 2 is 1.61 bits per heavy atom. The summed E-state index contributed by atoms with van der Waals surface area (Å²) in [6, 6.07) is 13.0. The molecule has 1 heterocycles. The number of carbonyl (C=O) groups is 2. The molecule has 0 saturated carbocycles. The van der Waals surface area contributed by atoms with E-state index in [1.807, 2.05) is 18.7 Å². The summed E-state index contributed by atoms with van der Waals surface area (Å²) >= 11 is 0. The fraction of sp³-hybridized carbons (Fsp3) is 0.391. The number of nitrogens with zero attached hydrogens (tertiary/aromatic N) is 2. The van der Waals surface area contributed by atoms with Gasteiger partial charge < -0.3 is 9.80 Å². The van der Waals surface area contributed by atoms with Gasteiger partial charge in [0.1, 0.15) is 0 Å². The van der Waals surface area contributed by atoms with Crippen molar-refractivity contribution in [2.24, 2.45) is 0 Å². The molecule has 0 bridgehead atoms. The first-order valence-electron chi connectivity index (χ1n) is 10.6. The Morgan fingerprint density at radius 1 is 0.968 bits per heavy atom. The highest BCUT2D eigenvalue weighted by Crippen LogP contribution is 2.16. The Labute approximate surface area is 184 Å². The highest BCUT2D eigenvalue weighted by atomic mass is 32.2. The van der Waals surface area contributed by atoms with Crippen molar-refractivity contribution in [3.63, 3.8) is 0 Å². The van der Waals surface area contributed by atoms with E-state index < -0.39 is 10.0 Å². The van der Waals surface area contributed by atoms with Crippen LogP contribution in [0.2, 0.25) is 0 Å². The van der Waals surface area contributed by atoms with Gasteiger partial charge in [0.05, 0.1) is 4.90 Å². The van der Waals surface area contributed by atoms with Crippen molar-refractivity contribution in [2.75, 3.05) is 26.2 Å². The van der Waals surface area contributed by atoms with Crippen LogP contribution in [0.15, 0.2) is 53.4 Å². The SMILES string of the molecule is CCN(CC)C(=O)c1ccc(S(=O)(=O)NCc2cccc(C(=O)N3CCCC3)c2)cc1. The molecule has 0 aromatic heterocycles. The summed E-state index contributed by atoms with van der Waals surface area (Å²) in [5, 5.41) is 0. The molecule has 2 aromatic rings. The first kappa shape index (κ1) is 23.0. The second kappa shape index (κ2) is 10.1. The zero-order valence-electron chi connectivity index (χ0n) is 18.0. The maximum Gasteiger partial charge on any atom is 0.253 e. The number of carbonyl (C=O) groups excluding carboxylic acids is 2. The number of amides is 2. The van der Waals surface area contributed by atoms with E-state index in [1.54, 1.807) is 29.2 Å². The van der Waals surface area contributed by atoms with Gasteiger partial charge in [0.2, 0.25) is 10.0 Å². The number of hydrogen-bond acceptors (Lipinski definition) is 4. The van der Waals surface area contributed by atoms with Crippen molar-refractivity contribution in [1.29, 1.82) is 0 Å². The van der Waals surface area contributed by atoms with Crippen LogP contribution < -0.4 is 4.72 Å². The van der Waals surface area contributed by atoms with Crippen molar-refractivity contribution < 1.29 is 18.0 Å². The quantitative estimate of drug-likeness (QED) is 0.680. The topological polar surface area (TPSA) is 86.8 Å². The number of likely N-dealkylation sites (tertiary alicyclic amines) is 1. The zero-order chi connectivity index (χ0) is 22.4. The third-order valence-electron chi connectivity index (χ3n) is 5.50. The maximum atomic E-state index is 12.7. The number of rotatable bonds is 8. The lowest BCUT2D eigenvalue weighted by atomic mass is 10.1. The summed E-state index contributed by atoms with van der Waals surface area (Å²) in [6.45, 7) is 6.59. The summed E-state index contributed by atoms with van der Waals surface area (Å²) in [4.78, 5) is 28.5. The molecular weight excluding hydrogens is 414 g/mol. The third kappa shape index (κ3) is 5.51. The molecule has 2 aromatic carbocycles. The van der Waals surface area contributed by atoms with E-state index in [1.165, 1.54) is 24.3 Å². The van der Waals surface area contributed by atoms with Gasteiger partial charge in [-0.25, -0.2) is 13.1 Å². The maximum absolute atomic E-state index is 12.7. The summed E-state index contributed by atoms with van der Waals surface area (Å²) in [5.41, 5.74) is 1.73. The molecule has 1 saturated heterocycles. The van der Waals surface area contributed by atoms with Gasteiger partial charge in [0.15, 0.2) is 0 Å². The van der Waals surface area contributed by atoms with Gasteiger partial charge in [0.25, 0.3) is 11.8 Å². The first-order chi connectivity index (χ1) is 14.9. The molecular formula is C23H29N3O4S. The molecule has 3 rings (SSSR count). The van der Waals surface area contributed by atoms with Gasteiger partial charge >= 0.3 is 0 Å². The summed E-state index contributed by atoms with van der Waals surface area (Å²) < 4.78 is 27.9. The standard InChI is InChI=1S/C23H29N3O4S/c1-3-25(4-2)22(27)19-10-12-21(13-11-19)31(29,30)24-17-18-8-7-9-20(16-18)23(28)26-14-5-6-15-26/h7-13,16,24H,3-6,14-15,17H2,1-2H3. The van der Waals surface area contributed by atoms with Crippen molar-refractivity contribution in [1.82, 2.24) is 14.5 Å². The number of nitrogens with one attached hydrogen (secondary N) is 1. The minimum Gasteiger partial charge on any atom is -0.339 e. The van der Waals surface area contributed by atoms with Crippen LogP contribution in [-0.4, -0.2) is 56.2 Å². The van der Waals surface area contributed by atoms with Gasteiger partial charge in [0, 0.05) is 43.9 Å². The van der Waals surface area contributed by atoms with E-state index in [0.29, 0.717) is 29.8 Å². The Balaban J connectivity index is 1.67. The van der Waals surface area contributed by atoms with Crippen LogP contribution in [0.4, 0.5) is 0 Å². The van der Waals surface area contributed by atoms with E-state index >= 15 is 0 Å². The van der Waals surface area contributed by atoms with Crippen molar-refractivity contribution in [3.8, 4) is 0 Å². The van der Waals surface area contributed by atoms with Gasteiger partial charge in [-0.05, 0) is 68.7 Å². The summed E-state index contributed by atoms with van der Waals surface area (Å²) in [5.74, 6) is -0.142. The molecule has 0 unspecified atom stereocenters. The molecule has 166 valence electrons. The predicted octanol–water partition coefficient (Wildman–Crippen LogP) is 2.88. The van der Waals surface area contributed by atoms with E-state index in [2.05, 4.69) is 4.72 Å². The second-order valence-corrected chi connectivity index (χ2v) is 9.29. The molecule has 31 heavy (non-hydrogen) atoms. The molecule has 7 nitrogen and oxygen atoms in total. The number of sulfonamides is 1. The average molecular weight is 444 g/mol. The molecule has 1 aliphatic heterocycles. The average Bonchev–Trinajstić information content (AvgIpc) is 3.33. The lowest BCUT2D eigenvalue weighted by molar-refractivity contribution is 0.0770. The summed E-state index contributed by atoms with van der Waals surface area (Å²) in [7, 11) is -3.75. The Hall–Kier alpha value is -2.71. The van der Waals surface area contributed by atoms with Crippen molar-refractivity contribution in [2.45, 2.75) is 38.1 Å². The van der Waals surface area contributed by atoms with Crippen LogP contribution in [-0.2, 0) is 16.6 Å². The first-order valence-corrected chi connectivity index (χ1v) is 12.1. The zero-order valence-corrected chi connectivity index (χ0v) is 18.8. The molecule has 0 atom stereocenters. The largest absolute Gasteiger partial charge is 0.339 e. The van der Waals surface area contributed by atoms with E-state index in [0.717, 1.165) is 25.9 Å². The van der Waals surface area contributed by atoms with E-state index in [4.69, 9.17) is 0 Å². The van der Waals surface area contributed by atoms with Crippen LogP contribution in [0.3, 0.4) is 0 Å². The lowest BCUT2D eigenvalue weighted by Gasteiger charge is -2.18. The Morgan fingerprint density at radius 3 is 2.23 bits per heavy atom. The van der Waals surface area contributed by atoms with Gasteiger partial charge in [-0.2, -0.15) is 0 Å². The number of hydrogen-bond donors (Lipinski definition) is 1. The van der Waals surface area contributed by atoms with Crippen LogP contribution >= 0.6 is 0 Å². The monoisotopic (exact) mass is 443 g/mol. The minimum atomic E-state index is -3.75. The third-order valence-corrected chi connectivity index (χ3v) is 6.91. The Kier molecular flexibility index (Phi) is 7.46. The summed E-state index contributed by atoms with van der Waals surface area (Å²) in [6.07, 6.45) is 2.04. The lowest BCUT2D eigenvalue weighted by Crippen LogP contribution is -2.30. The molecule has 1 fully saturated rings. The molecule has 0 radical (unpaired) electrons. The van der Waals surface area contributed by atoms with Crippen molar-refractivity contribution in [3.05, 3.63) is 65.2 Å². The molecule has 1 aliphatic rings. The molecule has 8 heteroatoms. The van der Waals surface area contributed by atoms with E-state index in [9.17, 15) is 18.0 Å². The molecule has 2 amide bonds. The fourth-order valence-corrected chi connectivity index (χ4v) is 4.67. The van der Waals surface area contributed by atoms with Gasteiger partial charge in [-0.15, -0.1) is 0 Å². The fourth-order valence-electron chi connectivity index (χ4n) is 3.65. The highest BCUT2D eigenvalue weighted by molar-refractivity contribution is 7.89. The van der Waals surface area contributed by atoms with Crippen LogP contribution in [0.5, 0.6) is 0 Å². The normalized spacial score (nSPS) is 13.9. The second-order valence-electron chi connectivity index (χ2n) is 7.53. The minimum absolute atomic E-state index is 0.0179. The predicted molar refractivity (Wildman–Crippen MR) is 119 cm³/mol. The van der Waals surface area contributed by atoms with Crippen LogP contribution in [0, 0.1) is 0 Å². The van der Waals surface area contributed by atoms with E-state index in [-0.39, 0.29) is 23.3 Å². The smallest absolute Gasteiger partial charge is 0.253 e. The van der Waals surface area contributed by atoms with Crippen LogP contribution in [0.1, 0.15) is 53.0 Å². The van der Waals surface area contributed by atoms with Crippen molar-refractivity contribution >= 4 is 21.8 Å². The van der Waals surface area contributed by atoms with Crippen LogP contribution in [0.25, 0.3) is 0 Å². The molecule has 0 aliphatic carbocycles. The molecule has 0 spiro atoms. The highest BCUT2D eigenvalue weighted by Gasteiger charge is 2.20. The van der Waals surface area contributed by atoms with Gasteiger partial charge in [-0.1, -0.05) is 12.1 Å². The molecule has 1 N–H and O–H groups in total. The number of benzene rings is 2.